The number of aliphatic carboxylic acids is 1. The van der Waals surface area contributed by atoms with Gasteiger partial charge in [0.1, 0.15) is 18.3 Å². The Kier molecular flexibility index (Phi) is 8.22. The van der Waals surface area contributed by atoms with Crippen molar-refractivity contribution < 1.29 is 54.8 Å². The molecule has 30 heavy (non-hydrogen) atoms. The lowest BCUT2D eigenvalue weighted by molar-refractivity contribution is -0.321. The summed E-state index contributed by atoms with van der Waals surface area (Å²) in [6, 6.07) is 0. The zero-order chi connectivity index (χ0) is 22.9. The number of aliphatic hydroxyl groups excluding tert-OH is 5. The van der Waals surface area contributed by atoms with Gasteiger partial charge >= 0.3 is 5.97 Å². The maximum atomic E-state index is 10.9. The smallest absolute Gasteiger partial charge is 0.303 e. The molecular formula is C19H34O11. The molecule has 1 saturated heterocycles. The molecule has 2 aliphatic rings. The Labute approximate surface area is 174 Å². The third kappa shape index (κ3) is 6.31. The molecule has 0 spiro atoms. The van der Waals surface area contributed by atoms with Gasteiger partial charge in [-0.3, -0.25) is 4.79 Å². The zero-order valence-corrected chi connectivity index (χ0v) is 17.4. The van der Waals surface area contributed by atoms with Crippen LogP contribution in [0.5, 0.6) is 0 Å². The van der Waals surface area contributed by atoms with Crippen LogP contribution in [-0.4, -0.2) is 109 Å². The van der Waals surface area contributed by atoms with Crippen LogP contribution in [0.15, 0.2) is 0 Å². The Balaban J connectivity index is 1.87. The van der Waals surface area contributed by atoms with Gasteiger partial charge in [-0.15, -0.1) is 0 Å². The van der Waals surface area contributed by atoms with Gasteiger partial charge in [-0.1, -0.05) is 0 Å². The van der Waals surface area contributed by atoms with Crippen molar-refractivity contribution in [2.24, 2.45) is 5.92 Å². The van der Waals surface area contributed by atoms with Crippen LogP contribution in [0, 0.1) is 5.92 Å². The van der Waals surface area contributed by atoms with Gasteiger partial charge in [0, 0.05) is 18.8 Å². The first-order chi connectivity index (χ1) is 13.7. The predicted octanol–water partition coefficient (Wildman–Crippen LogP) is -2.04. The second-order valence-electron chi connectivity index (χ2n) is 9.08. The van der Waals surface area contributed by atoms with E-state index in [0.717, 1.165) is 0 Å². The molecule has 2 rings (SSSR count). The Hall–Kier alpha value is -0.890. The van der Waals surface area contributed by atoms with Crippen LogP contribution in [-0.2, 0) is 19.0 Å². The first kappa shape index (κ1) is 25.4. The van der Waals surface area contributed by atoms with Gasteiger partial charge in [0.2, 0.25) is 0 Å². The normalized spacial score (nSPS) is 42.8. The van der Waals surface area contributed by atoms with Gasteiger partial charge < -0.3 is 50.0 Å². The van der Waals surface area contributed by atoms with Crippen LogP contribution in [0.3, 0.4) is 0 Å². The molecule has 11 heteroatoms. The zero-order valence-electron chi connectivity index (χ0n) is 17.4. The number of aliphatic hydroxyl groups is 6. The van der Waals surface area contributed by atoms with Crippen molar-refractivity contribution in [2.75, 3.05) is 13.2 Å². The minimum atomic E-state index is -1.54. The fourth-order valence-electron chi connectivity index (χ4n) is 3.96. The third-order valence-electron chi connectivity index (χ3n) is 5.64. The Morgan fingerprint density at radius 2 is 1.63 bits per heavy atom. The molecule has 1 aliphatic carbocycles. The van der Waals surface area contributed by atoms with Crippen molar-refractivity contribution in [3.63, 3.8) is 0 Å². The highest BCUT2D eigenvalue weighted by molar-refractivity contribution is 5.67. The van der Waals surface area contributed by atoms with Crippen molar-refractivity contribution in [1.29, 1.82) is 0 Å². The number of ether oxygens (including phenoxy) is 3. The summed E-state index contributed by atoms with van der Waals surface area (Å²) < 4.78 is 16.6. The van der Waals surface area contributed by atoms with E-state index in [9.17, 15) is 35.4 Å². The van der Waals surface area contributed by atoms with E-state index in [1.807, 2.05) is 0 Å². The molecule has 11 nitrogen and oxygen atoms in total. The SMILES string of the molecule is CC1OC(OC(C)(C)COCC2(O)CC(O)C(CC(=O)O)C(O)C2)C(O)C(O)C1O. The highest BCUT2D eigenvalue weighted by Crippen LogP contribution is 2.35. The molecular weight excluding hydrogens is 404 g/mol. The van der Waals surface area contributed by atoms with E-state index in [1.165, 1.54) is 6.92 Å². The van der Waals surface area contributed by atoms with E-state index >= 15 is 0 Å². The van der Waals surface area contributed by atoms with Gasteiger partial charge in [0.25, 0.3) is 0 Å². The summed E-state index contributed by atoms with van der Waals surface area (Å²) in [6.07, 6.45) is -9.17. The van der Waals surface area contributed by atoms with Crippen LogP contribution < -0.4 is 0 Å². The van der Waals surface area contributed by atoms with Gasteiger partial charge in [-0.05, 0) is 20.8 Å². The largest absolute Gasteiger partial charge is 0.481 e. The lowest BCUT2D eigenvalue weighted by Gasteiger charge is -2.43. The highest BCUT2D eigenvalue weighted by Gasteiger charge is 2.46. The molecule has 7 N–H and O–H groups in total. The highest BCUT2D eigenvalue weighted by atomic mass is 16.7. The molecule has 176 valence electrons. The number of rotatable bonds is 8. The summed E-state index contributed by atoms with van der Waals surface area (Å²) in [5.41, 5.74) is -2.55. The fraction of sp³-hybridized carbons (Fsp3) is 0.947. The van der Waals surface area contributed by atoms with Crippen LogP contribution >= 0.6 is 0 Å². The van der Waals surface area contributed by atoms with Crippen molar-refractivity contribution >= 4 is 5.97 Å². The Bertz CT molecular complexity index is 571. The molecule has 0 radical (unpaired) electrons. The van der Waals surface area contributed by atoms with E-state index in [4.69, 9.17) is 19.3 Å². The number of carboxylic acid groups (broad SMARTS) is 1. The second-order valence-corrected chi connectivity index (χ2v) is 9.08. The lowest BCUT2D eigenvalue weighted by atomic mass is 9.74. The van der Waals surface area contributed by atoms with Crippen molar-refractivity contribution in [3.05, 3.63) is 0 Å². The third-order valence-corrected chi connectivity index (χ3v) is 5.64. The van der Waals surface area contributed by atoms with E-state index in [1.54, 1.807) is 13.8 Å². The van der Waals surface area contributed by atoms with Gasteiger partial charge in [-0.2, -0.15) is 0 Å². The minimum Gasteiger partial charge on any atom is -0.481 e. The van der Waals surface area contributed by atoms with Crippen LogP contribution in [0.2, 0.25) is 0 Å². The van der Waals surface area contributed by atoms with E-state index < -0.39 is 72.4 Å². The average Bonchev–Trinajstić information content (AvgIpc) is 2.60. The second kappa shape index (κ2) is 9.72. The number of hydrogen-bond donors (Lipinski definition) is 7. The average molecular weight is 438 g/mol. The molecule has 7 atom stereocenters. The maximum absolute atomic E-state index is 10.9. The Morgan fingerprint density at radius 3 is 2.17 bits per heavy atom. The molecule has 0 aromatic carbocycles. The molecule has 0 aromatic rings. The molecule has 1 aliphatic heterocycles. The van der Waals surface area contributed by atoms with Crippen molar-refractivity contribution in [3.8, 4) is 0 Å². The summed E-state index contributed by atoms with van der Waals surface area (Å²) in [7, 11) is 0. The molecule has 0 aromatic heterocycles. The fourth-order valence-corrected chi connectivity index (χ4v) is 3.96. The summed E-state index contributed by atoms with van der Waals surface area (Å²) >= 11 is 0. The number of hydrogen-bond acceptors (Lipinski definition) is 10. The molecule has 7 unspecified atom stereocenters. The van der Waals surface area contributed by atoms with Gasteiger partial charge in [0.05, 0.1) is 49.1 Å². The standard InChI is InChI=1S/C19H34O11/c1-9-14(24)15(25)16(26)17(29-9)30-18(2,3)7-28-8-19(27)5-11(20)10(4-13(22)23)12(21)6-19/h9-12,14-17,20-21,24-27H,4-8H2,1-3H3,(H,22,23). The van der Waals surface area contributed by atoms with Crippen LogP contribution in [0.25, 0.3) is 0 Å². The summed E-state index contributed by atoms with van der Waals surface area (Å²) in [4.78, 5) is 10.9. The number of carbonyl (C=O) groups is 1. The minimum absolute atomic E-state index is 0.0559. The summed E-state index contributed by atoms with van der Waals surface area (Å²) in [5, 5.41) is 69.5. The first-order valence-corrected chi connectivity index (χ1v) is 10.0. The van der Waals surface area contributed by atoms with Crippen LogP contribution in [0.1, 0.15) is 40.0 Å². The molecule has 1 heterocycles. The monoisotopic (exact) mass is 438 g/mol. The maximum Gasteiger partial charge on any atom is 0.303 e. The van der Waals surface area contributed by atoms with E-state index in [0.29, 0.717) is 0 Å². The summed E-state index contributed by atoms with van der Waals surface area (Å²) in [6.45, 7) is 4.52. The molecule has 0 bridgehead atoms. The molecule has 2 fully saturated rings. The molecule has 1 saturated carbocycles. The van der Waals surface area contributed by atoms with Crippen LogP contribution in [0.4, 0.5) is 0 Å². The lowest BCUT2D eigenvalue weighted by Crippen LogP contribution is -2.59. The summed E-state index contributed by atoms with van der Waals surface area (Å²) in [5.74, 6) is -2.01. The van der Waals surface area contributed by atoms with E-state index in [-0.39, 0.29) is 26.1 Å². The predicted molar refractivity (Wildman–Crippen MR) is 100 cm³/mol. The van der Waals surface area contributed by atoms with E-state index in [2.05, 4.69) is 0 Å². The first-order valence-electron chi connectivity index (χ1n) is 10.0. The van der Waals surface area contributed by atoms with Crippen molar-refractivity contribution in [2.45, 2.75) is 94.1 Å². The Morgan fingerprint density at radius 1 is 1.07 bits per heavy atom. The van der Waals surface area contributed by atoms with Gasteiger partial charge in [-0.25, -0.2) is 0 Å². The van der Waals surface area contributed by atoms with Gasteiger partial charge in [0.15, 0.2) is 6.29 Å². The quantitative estimate of drug-likeness (QED) is 0.221. The molecule has 0 amide bonds. The number of carboxylic acids is 1. The van der Waals surface area contributed by atoms with Crippen molar-refractivity contribution in [1.82, 2.24) is 0 Å². The topological polar surface area (TPSA) is 186 Å².